The van der Waals surface area contributed by atoms with Gasteiger partial charge in [0.1, 0.15) is 0 Å². The Hall–Kier alpha value is -2.27. The zero-order valence-electron chi connectivity index (χ0n) is 15.3. The first kappa shape index (κ1) is 18.1. The highest BCUT2D eigenvalue weighted by Crippen LogP contribution is 2.34. The molecule has 3 heterocycles. The first-order chi connectivity index (χ1) is 12.9. The van der Waals surface area contributed by atoms with E-state index < -0.39 is 0 Å². The number of benzene rings is 2. The van der Waals surface area contributed by atoms with Crippen molar-refractivity contribution in [3.8, 4) is 0 Å². The molecule has 3 aliphatic rings. The van der Waals surface area contributed by atoms with Crippen LogP contribution in [0.2, 0.25) is 0 Å². The summed E-state index contributed by atoms with van der Waals surface area (Å²) in [7, 11) is 0. The van der Waals surface area contributed by atoms with Crippen LogP contribution in [0, 0.1) is 0 Å². The van der Waals surface area contributed by atoms with Crippen molar-refractivity contribution in [1.29, 1.82) is 0 Å². The van der Waals surface area contributed by atoms with Gasteiger partial charge in [0.05, 0.1) is 31.3 Å². The second-order valence-electron chi connectivity index (χ2n) is 6.97. The normalized spacial score (nSPS) is 19.6. The number of hydrogen-bond acceptors (Lipinski definition) is 4. The minimum atomic E-state index is 0. The number of hydrogen-bond donors (Lipinski definition) is 0. The van der Waals surface area contributed by atoms with Crippen molar-refractivity contribution < 1.29 is 4.74 Å². The van der Waals surface area contributed by atoms with Gasteiger partial charge in [0, 0.05) is 31.5 Å². The first-order valence-electron chi connectivity index (χ1n) is 9.31. The highest BCUT2D eigenvalue weighted by Gasteiger charge is 2.27. The molecule has 1 fully saturated rings. The molecule has 0 spiro atoms. The standard InChI is InChI=1S/C22H23N3O.ClH/c1-2-5-19-16-20(8-7-18(19)4-1)25-11-9-21-22(25)6-3-10-24(21)17-23-12-14-26-15-13-23;/h1-10,16H,11-15,17H2;1H. The predicted octanol–water partition coefficient (Wildman–Crippen LogP) is 3.97. The molecule has 0 saturated carbocycles. The number of ether oxygens (including phenoxy) is 1. The SMILES string of the molecule is C1=CN(CN2CCOCC2)C2=CCN(c3ccc4ccccc4c3)C2=C1.Cl. The fourth-order valence-electron chi connectivity index (χ4n) is 3.95. The van der Waals surface area contributed by atoms with Crippen molar-refractivity contribution in [2.45, 2.75) is 0 Å². The Kier molecular flexibility index (Phi) is 5.21. The van der Waals surface area contributed by atoms with E-state index in [-0.39, 0.29) is 12.4 Å². The lowest BCUT2D eigenvalue weighted by atomic mass is 10.1. The summed E-state index contributed by atoms with van der Waals surface area (Å²) in [5.41, 5.74) is 3.85. The molecule has 0 radical (unpaired) electrons. The summed E-state index contributed by atoms with van der Waals surface area (Å²) in [6.07, 6.45) is 8.91. The molecule has 5 rings (SSSR count). The Labute approximate surface area is 166 Å². The highest BCUT2D eigenvalue weighted by atomic mass is 35.5. The van der Waals surface area contributed by atoms with E-state index in [0.29, 0.717) is 0 Å². The van der Waals surface area contributed by atoms with Gasteiger partial charge in [-0.2, -0.15) is 0 Å². The summed E-state index contributed by atoms with van der Waals surface area (Å²) in [5.74, 6) is 0. The van der Waals surface area contributed by atoms with E-state index in [1.807, 2.05) is 0 Å². The van der Waals surface area contributed by atoms with Gasteiger partial charge in [0.15, 0.2) is 0 Å². The quantitative estimate of drug-likeness (QED) is 0.800. The second-order valence-corrected chi connectivity index (χ2v) is 6.97. The molecule has 140 valence electrons. The summed E-state index contributed by atoms with van der Waals surface area (Å²) < 4.78 is 5.47. The third-order valence-corrected chi connectivity index (χ3v) is 5.35. The first-order valence-corrected chi connectivity index (χ1v) is 9.31. The van der Waals surface area contributed by atoms with Crippen LogP contribution in [-0.2, 0) is 4.74 Å². The molecule has 0 atom stereocenters. The lowest BCUT2D eigenvalue weighted by molar-refractivity contribution is 0.0228. The number of morpholine rings is 1. The number of anilines is 1. The second kappa shape index (κ2) is 7.77. The van der Waals surface area contributed by atoms with Crippen molar-refractivity contribution in [2.24, 2.45) is 0 Å². The highest BCUT2D eigenvalue weighted by molar-refractivity contribution is 5.86. The van der Waals surface area contributed by atoms with Gasteiger partial charge in [0.2, 0.25) is 0 Å². The molecule has 0 aliphatic carbocycles. The molecular weight excluding hydrogens is 358 g/mol. The summed E-state index contributed by atoms with van der Waals surface area (Å²) in [6, 6.07) is 15.3. The predicted molar refractivity (Wildman–Crippen MR) is 113 cm³/mol. The van der Waals surface area contributed by atoms with E-state index in [9.17, 15) is 0 Å². The molecule has 0 aromatic heterocycles. The number of fused-ring (bicyclic) bond motifs is 2. The van der Waals surface area contributed by atoms with Crippen molar-refractivity contribution in [3.63, 3.8) is 0 Å². The lowest BCUT2D eigenvalue weighted by Gasteiger charge is -2.35. The largest absolute Gasteiger partial charge is 0.379 e. The monoisotopic (exact) mass is 381 g/mol. The van der Waals surface area contributed by atoms with Crippen LogP contribution in [0.4, 0.5) is 5.69 Å². The third kappa shape index (κ3) is 3.48. The molecule has 2 aromatic rings. The Balaban J connectivity index is 0.00000180. The number of nitrogens with zero attached hydrogens (tertiary/aromatic N) is 3. The molecule has 0 N–H and O–H groups in total. The van der Waals surface area contributed by atoms with E-state index in [1.54, 1.807) is 0 Å². The number of allylic oxidation sites excluding steroid dienone is 2. The topological polar surface area (TPSA) is 19.0 Å². The lowest BCUT2D eigenvalue weighted by Crippen LogP contribution is -2.42. The Bertz CT molecular complexity index is 915. The fraction of sp³-hybridized carbons (Fsp3) is 0.273. The average molecular weight is 382 g/mol. The molecule has 0 unspecified atom stereocenters. The minimum absolute atomic E-state index is 0. The van der Waals surface area contributed by atoms with Crippen LogP contribution in [-0.4, -0.2) is 49.3 Å². The third-order valence-electron chi connectivity index (χ3n) is 5.35. The smallest absolute Gasteiger partial charge is 0.0753 e. The van der Waals surface area contributed by atoms with Crippen LogP contribution >= 0.6 is 12.4 Å². The molecule has 1 saturated heterocycles. The Morgan fingerprint density at radius 1 is 0.926 bits per heavy atom. The van der Waals surface area contributed by atoms with Crippen LogP contribution in [0.5, 0.6) is 0 Å². The summed E-state index contributed by atoms with van der Waals surface area (Å²) in [4.78, 5) is 7.22. The molecule has 2 aromatic carbocycles. The maximum atomic E-state index is 5.47. The van der Waals surface area contributed by atoms with Gasteiger partial charge in [-0.25, -0.2) is 0 Å². The van der Waals surface area contributed by atoms with Gasteiger partial charge >= 0.3 is 0 Å². The van der Waals surface area contributed by atoms with Gasteiger partial charge in [-0.3, -0.25) is 4.90 Å². The van der Waals surface area contributed by atoms with Crippen molar-refractivity contribution in [3.05, 3.63) is 78.3 Å². The molecule has 0 amide bonds. The van der Waals surface area contributed by atoms with Crippen LogP contribution in [0.15, 0.2) is 78.3 Å². The summed E-state index contributed by atoms with van der Waals surface area (Å²) in [5, 5.41) is 2.57. The van der Waals surface area contributed by atoms with Gasteiger partial charge in [0.25, 0.3) is 0 Å². The van der Waals surface area contributed by atoms with E-state index in [4.69, 9.17) is 4.74 Å². The molecule has 5 heteroatoms. The molecule has 4 nitrogen and oxygen atoms in total. The maximum Gasteiger partial charge on any atom is 0.0753 e. The van der Waals surface area contributed by atoms with Crippen LogP contribution in [0.25, 0.3) is 10.8 Å². The fourth-order valence-corrected chi connectivity index (χ4v) is 3.95. The van der Waals surface area contributed by atoms with Gasteiger partial charge in [-0.1, -0.05) is 30.3 Å². The Morgan fingerprint density at radius 3 is 2.59 bits per heavy atom. The summed E-state index contributed by atoms with van der Waals surface area (Å²) >= 11 is 0. The van der Waals surface area contributed by atoms with Crippen molar-refractivity contribution >= 4 is 28.9 Å². The zero-order chi connectivity index (χ0) is 17.3. The zero-order valence-corrected chi connectivity index (χ0v) is 16.1. The summed E-state index contributed by atoms with van der Waals surface area (Å²) in [6.45, 7) is 5.52. The molecular formula is C22H24ClN3O. The van der Waals surface area contributed by atoms with Gasteiger partial charge < -0.3 is 14.5 Å². The van der Waals surface area contributed by atoms with Crippen LogP contribution in [0.1, 0.15) is 0 Å². The van der Waals surface area contributed by atoms with Crippen molar-refractivity contribution in [1.82, 2.24) is 9.80 Å². The van der Waals surface area contributed by atoms with Crippen LogP contribution in [0.3, 0.4) is 0 Å². The van der Waals surface area contributed by atoms with Crippen molar-refractivity contribution in [2.75, 3.05) is 44.4 Å². The average Bonchev–Trinajstić information content (AvgIpc) is 3.14. The van der Waals surface area contributed by atoms with Crippen LogP contribution < -0.4 is 4.90 Å². The number of halogens is 1. The number of rotatable bonds is 3. The van der Waals surface area contributed by atoms with E-state index in [2.05, 4.69) is 81.6 Å². The molecule has 0 bridgehead atoms. The van der Waals surface area contributed by atoms with Gasteiger partial charge in [-0.15, -0.1) is 12.4 Å². The molecule has 27 heavy (non-hydrogen) atoms. The maximum absolute atomic E-state index is 5.47. The van der Waals surface area contributed by atoms with Gasteiger partial charge in [-0.05, 0) is 41.1 Å². The Morgan fingerprint density at radius 2 is 1.74 bits per heavy atom. The van der Waals surface area contributed by atoms with E-state index in [0.717, 1.165) is 39.5 Å². The minimum Gasteiger partial charge on any atom is -0.379 e. The molecule has 3 aliphatic heterocycles. The van der Waals surface area contributed by atoms with E-state index in [1.165, 1.54) is 27.9 Å². The van der Waals surface area contributed by atoms with E-state index >= 15 is 0 Å².